The average Bonchev–Trinajstić information content (AvgIpc) is 3.29. The minimum absolute atomic E-state index is 0.0502. The van der Waals surface area contributed by atoms with Gasteiger partial charge in [-0.15, -0.1) is 0 Å². The van der Waals surface area contributed by atoms with Gasteiger partial charge in [-0.05, 0) is 24.1 Å². The molecule has 0 saturated heterocycles. The fourth-order valence-corrected chi connectivity index (χ4v) is 4.27. The normalized spacial score (nSPS) is 10.8. The zero-order chi connectivity index (χ0) is 22.7. The predicted molar refractivity (Wildman–Crippen MR) is 123 cm³/mol. The second-order valence-corrected chi connectivity index (χ2v) is 7.90. The Balaban J connectivity index is 1.84. The second-order valence-electron chi connectivity index (χ2n) is 6.92. The van der Waals surface area contributed by atoms with E-state index < -0.39 is 0 Å². The van der Waals surface area contributed by atoms with E-state index in [2.05, 4.69) is 9.97 Å². The molecule has 0 radical (unpaired) electrons. The number of benzene rings is 2. The Hall–Kier alpha value is -3.72. The Kier molecular flexibility index (Phi) is 6.18. The van der Waals surface area contributed by atoms with E-state index in [4.69, 9.17) is 19.2 Å². The molecule has 0 unspecified atom stereocenters. The highest BCUT2D eigenvalue weighted by Gasteiger charge is 2.25. The quantitative estimate of drug-likeness (QED) is 0.416. The van der Waals surface area contributed by atoms with Crippen molar-refractivity contribution < 1.29 is 19.0 Å². The van der Waals surface area contributed by atoms with E-state index in [0.717, 1.165) is 21.3 Å². The highest BCUT2D eigenvalue weighted by molar-refractivity contribution is 7.22. The number of hydrogen-bond donors (Lipinski definition) is 0. The number of aromatic nitrogens is 3. The molecule has 2 aromatic carbocycles. The van der Waals surface area contributed by atoms with Crippen molar-refractivity contribution >= 4 is 32.6 Å². The van der Waals surface area contributed by atoms with Crippen LogP contribution in [-0.4, -0.2) is 42.2 Å². The van der Waals surface area contributed by atoms with E-state index in [1.807, 2.05) is 49.4 Å². The van der Waals surface area contributed by atoms with Crippen LogP contribution in [0.2, 0.25) is 0 Å². The van der Waals surface area contributed by atoms with Crippen LogP contribution in [0, 0.1) is 6.92 Å². The molecule has 4 aromatic rings. The molecule has 0 aliphatic heterocycles. The lowest BCUT2D eigenvalue weighted by Gasteiger charge is -2.20. The highest BCUT2D eigenvalue weighted by atomic mass is 32.1. The molecule has 4 rings (SSSR count). The Labute approximate surface area is 189 Å². The number of thiazole rings is 1. The predicted octanol–water partition coefficient (Wildman–Crippen LogP) is 4.27. The average molecular weight is 451 g/mol. The number of aryl methyl sites for hydroxylation is 1. The molecule has 2 aromatic heterocycles. The van der Waals surface area contributed by atoms with Crippen molar-refractivity contribution in [2.75, 3.05) is 26.2 Å². The third-order valence-corrected chi connectivity index (χ3v) is 6.08. The van der Waals surface area contributed by atoms with Crippen molar-refractivity contribution in [1.82, 2.24) is 15.0 Å². The van der Waals surface area contributed by atoms with Gasteiger partial charge in [-0.1, -0.05) is 47.7 Å². The largest absolute Gasteiger partial charge is 0.494 e. The van der Waals surface area contributed by atoms with Crippen LogP contribution < -0.4 is 19.1 Å². The van der Waals surface area contributed by atoms with Gasteiger partial charge in [0.1, 0.15) is 17.0 Å². The van der Waals surface area contributed by atoms with Gasteiger partial charge < -0.3 is 14.2 Å². The van der Waals surface area contributed by atoms with Gasteiger partial charge in [0.05, 0.1) is 32.6 Å². The molecule has 164 valence electrons. The maximum atomic E-state index is 13.7. The van der Waals surface area contributed by atoms with E-state index in [1.165, 1.54) is 31.6 Å². The van der Waals surface area contributed by atoms with Crippen LogP contribution >= 0.6 is 11.3 Å². The molecule has 0 N–H and O–H groups in total. The summed E-state index contributed by atoms with van der Waals surface area (Å²) < 4.78 is 16.8. The van der Waals surface area contributed by atoms with Gasteiger partial charge in [0.25, 0.3) is 5.91 Å². The first-order chi connectivity index (χ1) is 15.5. The summed E-state index contributed by atoms with van der Waals surface area (Å²) in [7, 11) is 4.52. The standard InChI is InChI=1S/C23H22N4O4S/c1-14-10-11-17(29-2)19-20(14)32-23(26-19)27(13-15-8-6-5-7-9-15)21(28)16-12-18(30-3)25-22(24-16)31-4/h5-12H,13H2,1-4H3. The second kappa shape index (κ2) is 9.19. The lowest BCUT2D eigenvalue weighted by atomic mass is 10.2. The maximum absolute atomic E-state index is 13.7. The Morgan fingerprint density at radius 3 is 2.44 bits per heavy atom. The Morgan fingerprint density at radius 1 is 0.969 bits per heavy atom. The summed E-state index contributed by atoms with van der Waals surface area (Å²) in [6.07, 6.45) is 0. The minimum Gasteiger partial charge on any atom is -0.494 e. The summed E-state index contributed by atoms with van der Waals surface area (Å²) in [6, 6.07) is 15.1. The van der Waals surface area contributed by atoms with E-state index >= 15 is 0 Å². The molecule has 0 aliphatic rings. The zero-order valence-corrected chi connectivity index (χ0v) is 19.0. The van der Waals surface area contributed by atoms with Gasteiger partial charge in [-0.2, -0.15) is 9.97 Å². The van der Waals surface area contributed by atoms with E-state index in [0.29, 0.717) is 17.4 Å². The van der Waals surface area contributed by atoms with Gasteiger partial charge in [-0.25, -0.2) is 4.98 Å². The zero-order valence-electron chi connectivity index (χ0n) is 18.2. The molecule has 1 amide bonds. The number of rotatable bonds is 7. The Morgan fingerprint density at radius 2 is 1.75 bits per heavy atom. The molecule has 0 atom stereocenters. The number of methoxy groups -OCH3 is 3. The van der Waals surface area contributed by atoms with Crippen LogP contribution in [0.3, 0.4) is 0 Å². The number of carbonyl (C=O) groups is 1. The number of fused-ring (bicyclic) bond motifs is 1. The van der Waals surface area contributed by atoms with Crippen molar-refractivity contribution in [3.05, 3.63) is 65.4 Å². The van der Waals surface area contributed by atoms with Gasteiger partial charge in [-0.3, -0.25) is 9.69 Å². The molecule has 0 aliphatic carbocycles. The van der Waals surface area contributed by atoms with Crippen LogP contribution in [0.15, 0.2) is 48.5 Å². The van der Waals surface area contributed by atoms with Crippen LogP contribution in [0.4, 0.5) is 5.13 Å². The number of hydrogen-bond acceptors (Lipinski definition) is 8. The molecule has 8 nitrogen and oxygen atoms in total. The SMILES string of the molecule is COc1cc(C(=O)N(Cc2ccccc2)c2nc3c(OC)ccc(C)c3s2)nc(OC)n1. The fraction of sp³-hybridized carbons (Fsp3) is 0.217. The summed E-state index contributed by atoms with van der Waals surface area (Å²) >= 11 is 1.43. The van der Waals surface area contributed by atoms with Crippen molar-refractivity contribution in [1.29, 1.82) is 0 Å². The summed E-state index contributed by atoms with van der Waals surface area (Å²) in [6.45, 7) is 2.32. The van der Waals surface area contributed by atoms with E-state index in [9.17, 15) is 4.79 Å². The molecule has 0 bridgehead atoms. The first-order valence-electron chi connectivity index (χ1n) is 9.81. The van der Waals surface area contributed by atoms with Crippen LogP contribution in [-0.2, 0) is 6.54 Å². The third-order valence-electron chi connectivity index (χ3n) is 4.86. The van der Waals surface area contributed by atoms with Gasteiger partial charge in [0.15, 0.2) is 5.13 Å². The monoisotopic (exact) mass is 450 g/mol. The molecule has 32 heavy (non-hydrogen) atoms. The fourth-order valence-electron chi connectivity index (χ4n) is 3.22. The molecule has 0 fully saturated rings. The summed E-state index contributed by atoms with van der Waals surface area (Å²) in [5.41, 5.74) is 2.88. The molecule has 0 saturated carbocycles. The first-order valence-corrected chi connectivity index (χ1v) is 10.6. The van der Waals surface area contributed by atoms with Crippen molar-refractivity contribution in [3.8, 4) is 17.6 Å². The summed E-state index contributed by atoms with van der Waals surface area (Å²) in [5.74, 6) is 0.552. The van der Waals surface area contributed by atoms with Gasteiger partial charge in [0, 0.05) is 6.07 Å². The number of ether oxygens (including phenoxy) is 3. The number of anilines is 1. The van der Waals surface area contributed by atoms with Crippen molar-refractivity contribution in [3.63, 3.8) is 0 Å². The van der Waals surface area contributed by atoms with E-state index in [1.54, 1.807) is 12.0 Å². The highest BCUT2D eigenvalue weighted by Crippen LogP contribution is 2.37. The number of carbonyl (C=O) groups excluding carboxylic acids is 1. The van der Waals surface area contributed by atoms with Gasteiger partial charge >= 0.3 is 6.01 Å². The molecule has 0 spiro atoms. The summed E-state index contributed by atoms with van der Waals surface area (Å²) in [4.78, 5) is 28.3. The van der Waals surface area contributed by atoms with Crippen LogP contribution in [0.25, 0.3) is 10.2 Å². The lowest BCUT2D eigenvalue weighted by Crippen LogP contribution is -2.31. The Bertz CT molecular complexity index is 1240. The first kappa shape index (κ1) is 21.5. The van der Waals surface area contributed by atoms with E-state index in [-0.39, 0.29) is 23.5 Å². The summed E-state index contributed by atoms with van der Waals surface area (Å²) in [5, 5.41) is 0.540. The number of nitrogens with zero attached hydrogens (tertiary/aromatic N) is 4. The maximum Gasteiger partial charge on any atom is 0.320 e. The molecular weight excluding hydrogens is 428 g/mol. The van der Waals surface area contributed by atoms with Gasteiger partial charge in [0.2, 0.25) is 5.88 Å². The molecule has 2 heterocycles. The van der Waals surface area contributed by atoms with Crippen molar-refractivity contribution in [2.24, 2.45) is 0 Å². The minimum atomic E-state index is -0.344. The van der Waals surface area contributed by atoms with Crippen LogP contribution in [0.1, 0.15) is 21.6 Å². The molecular formula is C23H22N4O4S. The topological polar surface area (TPSA) is 86.7 Å². The third kappa shape index (κ3) is 4.19. The smallest absolute Gasteiger partial charge is 0.320 e. The van der Waals surface area contributed by atoms with Crippen molar-refractivity contribution in [2.45, 2.75) is 13.5 Å². The number of amides is 1. The van der Waals surface area contributed by atoms with Crippen LogP contribution in [0.5, 0.6) is 17.6 Å². The molecule has 9 heteroatoms. The lowest BCUT2D eigenvalue weighted by molar-refractivity contribution is 0.0978.